The van der Waals surface area contributed by atoms with Gasteiger partial charge in [-0.3, -0.25) is 4.79 Å². The van der Waals surface area contributed by atoms with E-state index in [2.05, 4.69) is 19.2 Å². The molecule has 1 nitrogen and oxygen atoms in total. The van der Waals surface area contributed by atoms with E-state index in [1.54, 1.807) is 0 Å². The van der Waals surface area contributed by atoms with E-state index >= 15 is 0 Å². The fourth-order valence-electron chi connectivity index (χ4n) is 1.25. The summed E-state index contributed by atoms with van der Waals surface area (Å²) in [6, 6.07) is 21.8. The average Bonchev–Trinajstić information content (AvgIpc) is 2.49. The van der Waals surface area contributed by atoms with E-state index in [1.165, 1.54) is 6.08 Å². The molecule has 0 fully saturated rings. The summed E-state index contributed by atoms with van der Waals surface area (Å²) in [6.07, 6.45) is 1.27. The molecule has 0 aliphatic carbocycles. The predicted molar refractivity (Wildman–Crippen MR) is 76.0 cm³/mol. The van der Waals surface area contributed by atoms with Crippen LogP contribution in [0.2, 0.25) is 0 Å². The first-order valence-corrected chi connectivity index (χ1v) is 5.58. The van der Waals surface area contributed by atoms with E-state index < -0.39 is 0 Å². The molecule has 2 aromatic rings. The van der Waals surface area contributed by atoms with Crippen molar-refractivity contribution < 1.29 is 25.2 Å². The Labute approximate surface area is 128 Å². The molecule has 100 valence electrons. The number of benzene rings is 2. The molecule has 0 spiro atoms. The van der Waals surface area contributed by atoms with Gasteiger partial charge >= 0.3 is 0 Å². The zero-order valence-corrected chi connectivity index (χ0v) is 12.0. The Kier molecular flexibility index (Phi) is 9.26. The summed E-state index contributed by atoms with van der Waals surface area (Å²) in [4.78, 5) is 11.1. The Balaban J connectivity index is 0.000000392. The van der Waals surface area contributed by atoms with Crippen LogP contribution in [0.5, 0.6) is 0 Å². The molecular weight excluding hydrogens is 327 g/mol. The SMILES string of the molecule is C=CC(=O)C(=C)c1ccccc1.[Pd].[c-]1ccccc1. The largest absolute Gasteiger partial charge is 0.289 e. The molecule has 0 aromatic heterocycles. The second kappa shape index (κ2) is 10.2. The molecule has 0 bridgehead atoms. The molecule has 2 rings (SSSR count). The van der Waals surface area contributed by atoms with Crippen LogP contribution in [0.1, 0.15) is 5.56 Å². The van der Waals surface area contributed by atoms with Crippen LogP contribution in [0.15, 0.2) is 79.9 Å². The van der Waals surface area contributed by atoms with E-state index in [4.69, 9.17) is 0 Å². The van der Waals surface area contributed by atoms with Crippen LogP contribution in [0.3, 0.4) is 0 Å². The number of allylic oxidation sites excluding steroid dienone is 2. The van der Waals surface area contributed by atoms with Gasteiger partial charge in [0.1, 0.15) is 0 Å². The molecule has 0 unspecified atom stereocenters. The fourth-order valence-corrected chi connectivity index (χ4v) is 1.25. The standard InChI is InChI=1S/C11H10O.C6H5.Pd/c1-3-11(12)9(2)10-7-5-4-6-8-10;1-2-4-6-5-3-1;/h3-8H,1-2H2;1-5H;/q;-1;. The molecule has 19 heavy (non-hydrogen) atoms. The average molecular weight is 342 g/mol. The molecule has 0 radical (unpaired) electrons. The van der Waals surface area contributed by atoms with Crippen molar-refractivity contribution >= 4 is 11.4 Å². The van der Waals surface area contributed by atoms with E-state index in [0.29, 0.717) is 5.57 Å². The van der Waals surface area contributed by atoms with Crippen LogP contribution in [0, 0.1) is 6.07 Å². The van der Waals surface area contributed by atoms with Crippen molar-refractivity contribution in [3.05, 3.63) is 91.5 Å². The molecule has 0 aliphatic rings. The van der Waals surface area contributed by atoms with Gasteiger partial charge in [0.15, 0.2) is 5.78 Å². The smallest absolute Gasteiger partial charge is 0.185 e. The number of rotatable bonds is 3. The predicted octanol–water partition coefficient (Wildman–Crippen LogP) is 3.94. The van der Waals surface area contributed by atoms with Crippen molar-refractivity contribution in [3.8, 4) is 0 Å². The molecule has 0 amide bonds. The molecule has 0 saturated carbocycles. The minimum atomic E-state index is -0.124. The summed E-state index contributed by atoms with van der Waals surface area (Å²) in [6.45, 7) is 7.07. The van der Waals surface area contributed by atoms with Gasteiger partial charge in [-0.05, 0) is 11.6 Å². The van der Waals surface area contributed by atoms with Crippen LogP contribution >= 0.6 is 0 Å². The third-order valence-corrected chi connectivity index (χ3v) is 2.21. The molecular formula is C17H15OPd-. The number of ketones is 1. The molecule has 0 aliphatic heterocycles. The maximum absolute atomic E-state index is 11.1. The Hall–Kier alpha value is -1.75. The van der Waals surface area contributed by atoms with Crippen LogP contribution < -0.4 is 0 Å². The molecule has 2 heteroatoms. The van der Waals surface area contributed by atoms with Gasteiger partial charge in [-0.1, -0.05) is 43.5 Å². The minimum absolute atomic E-state index is 0. The van der Waals surface area contributed by atoms with E-state index in [1.807, 2.05) is 60.7 Å². The fraction of sp³-hybridized carbons (Fsp3) is 0. The van der Waals surface area contributed by atoms with Crippen molar-refractivity contribution in [2.75, 3.05) is 0 Å². The van der Waals surface area contributed by atoms with Gasteiger partial charge in [0.05, 0.1) is 0 Å². The van der Waals surface area contributed by atoms with Crippen molar-refractivity contribution in [3.63, 3.8) is 0 Å². The summed E-state index contributed by atoms with van der Waals surface area (Å²) in [5.74, 6) is -0.124. The van der Waals surface area contributed by atoms with Gasteiger partial charge in [-0.15, -0.1) is 0 Å². The summed E-state index contributed by atoms with van der Waals surface area (Å²) < 4.78 is 0. The first-order valence-electron chi connectivity index (χ1n) is 5.58. The monoisotopic (exact) mass is 341 g/mol. The van der Waals surface area contributed by atoms with Crippen molar-refractivity contribution in [2.24, 2.45) is 0 Å². The number of carbonyl (C=O) groups excluding carboxylic acids is 1. The zero-order valence-electron chi connectivity index (χ0n) is 10.5. The maximum Gasteiger partial charge on any atom is 0.185 e. The van der Waals surface area contributed by atoms with Gasteiger partial charge < -0.3 is 0 Å². The Bertz CT molecular complexity index is 477. The first kappa shape index (κ1) is 17.3. The summed E-state index contributed by atoms with van der Waals surface area (Å²) >= 11 is 0. The van der Waals surface area contributed by atoms with Crippen LogP contribution in [0.25, 0.3) is 5.57 Å². The zero-order chi connectivity index (χ0) is 13.2. The first-order chi connectivity index (χ1) is 8.75. The Morgan fingerprint density at radius 1 is 1.00 bits per heavy atom. The summed E-state index contributed by atoms with van der Waals surface area (Å²) in [5, 5.41) is 0. The van der Waals surface area contributed by atoms with E-state index in [9.17, 15) is 4.79 Å². The number of carbonyl (C=O) groups is 1. The van der Waals surface area contributed by atoms with E-state index in [0.717, 1.165) is 5.56 Å². The van der Waals surface area contributed by atoms with Crippen molar-refractivity contribution in [1.82, 2.24) is 0 Å². The Morgan fingerprint density at radius 3 is 1.89 bits per heavy atom. The maximum atomic E-state index is 11.1. The second-order valence-corrected chi connectivity index (χ2v) is 3.49. The number of hydrogen-bond donors (Lipinski definition) is 0. The van der Waals surface area contributed by atoms with Gasteiger partial charge in [-0.2, -0.15) is 36.4 Å². The number of hydrogen-bond acceptors (Lipinski definition) is 1. The molecule has 0 heterocycles. The third kappa shape index (κ3) is 6.67. The van der Waals surface area contributed by atoms with Crippen LogP contribution in [-0.4, -0.2) is 5.78 Å². The molecule has 0 N–H and O–H groups in total. The van der Waals surface area contributed by atoms with Crippen LogP contribution in [0.4, 0.5) is 0 Å². The van der Waals surface area contributed by atoms with Crippen molar-refractivity contribution in [1.29, 1.82) is 0 Å². The van der Waals surface area contributed by atoms with E-state index in [-0.39, 0.29) is 26.2 Å². The molecule has 0 atom stereocenters. The van der Waals surface area contributed by atoms with Gasteiger partial charge in [0.2, 0.25) is 0 Å². The minimum Gasteiger partial charge on any atom is -0.289 e. The Morgan fingerprint density at radius 2 is 1.53 bits per heavy atom. The topological polar surface area (TPSA) is 17.1 Å². The summed E-state index contributed by atoms with van der Waals surface area (Å²) in [7, 11) is 0. The van der Waals surface area contributed by atoms with Gasteiger partial charge in [-0.25, -0.2) is 0 Å². The van der Waals surface area contributed by atoms with Crippen molar-refractivity contribution in [2.45, 2.75) is 0 Å². The second-order valence-electron chi connectivity index (χ2n) is 3.49. The van der Waals surface area contributed by atoms with Gasteiger partial charge in [0, 0.05) is 26.0 Å². The molecule has 0 saturated heterocycles. The normalized spacial score (nSPS) is 8.21. The van der Waals surface area contributed by atoms with Gasteiger partial charge in [0.25, 0.3) is 0 Å². The molecule has 2 aromatic carbocycles. The summed E-state index contributed by atoms with van der Waals surface area (Å²) in [5.41, 5.74) is 1.34. The third-order valence-electron chi connectivity index (χ3n) is 2.21. The quantitative estimate of drug-likeness (QED) is 0.469. The van der Waals surface area contributed by atoms with Crippen LogP contribution in [-0.2, 0) is 25.2 Å².